The van der Waals surface area contributed by atoms with Gasteiger partial charge in [0.05, 0.1) is 11.3 Å². The van der Waals surface area contributed by atoms with E-state index in [0.29, 0.717) is 0 Å². The zero-order valence-corrected chi connectivity index (χ0v) is 15.7. The van der Waals surface area contributed by atoms with Gasteiger partial charge < -0.3 is 9.88 Å². The molecule has 1 aromatic carbocycles. The first-order chi connectivity index (χ1) is 13.0. The number of aromatic nitrogens is 2. The summed E-state index contributed by atoms with van der Waals surface area (Å²) in [5.41, 5.74) is -2.12. The molecule has 0 bridgehead atoms. The smallest absolute Gasteiger partial charge is 0.323 e. The highest BCUT2D eigenvalue weighted by molar-refractivity contribution is 6.54. The van der Waals surface area contributed by atoms with Crippen LogP contribution in [0.3, 0.4) is 0 Å². The number of para-hydroxylation sites is 1. The van der Waals surface area contributed by atoms with Gasteiger partial charge in [0.25, 0.3) is 11.8 Å². The summed E-state index contributed by atoms with van der Waals surface area (Å²) in [7, 11) is 1.57. The van der Waals surface area contributed by atoms with Gasteiger partial charge in [0.1, 0.15) is 0 Å². The van der Waals surface area contributed by atoms with Crippen LogP contribution in [0.4, 0.5) is 24.8 Å². The highest BCUT2D eigenvalue weighted by Gasteiger charge is 2.35. The van der Waals surface area contributed by atoms with Gasteiger partial charge in [0.15, 0.2) is 4.84 Å². The summed E-state index contributed by atoms with van der Waals surface area (Å²) >= 11 is 10.8. The monoisotopic (exact) mass is 436 g/mol. The number of anilines is 2. The van der Waals surface area contributed by atoms with Crippen molar-refractivity contribution in [1.29, 1.82) is 0 Å². The van der Waals surface area contributed by atoms with Crippen molar-refractivity contribution in [2.75, 3.05) is 10.6 Å². The molecule has 0 radical (unpaired) electrons. The zero-order chi connectivity index (χ0) is 21.1. The number of hydrogen-bond donors (Lipinski definition) is 2. The minimum absolute atomic E-state index is 0.0861. The van der Waals surface area contributed by atoms with Crippen LogP contribution in [0.15, 0.2) is 30.6 Å². The van der Waals surface area contributed by atoms with E-state index in [9.17, 15) is 27.6 Å². The number of amides is 2. The molecule has 2 rings (SSSR count). The number of nitrogens with zero attached hydrogens (tertiary/aromatic N) is 2. The Hall–Kier alpha value is -2.59. The fourth-order valence-electron chi connectivity index (χ4n) is 2.22. The van der Waals surface area contributed by atoms with Crippen molar-refractivity contribution in [3.05, 3.63) is 41.7 Å². The van der Waals surface area contributed by atoms with Crippen LogP contribution in [0, 0.1) is 0 Å². The Bertz CT molecular complexity index is 913. The van der Waals surface area contributed by atoms with Crippen LogP contribution in [0.2, 0.25) is 0 Å². The first-order valence-corrected chi connectivity index (χ1v) is 8.47. The molecule has 0 unspecified atom stereocenters. The van der Waals surface area contributed by atoms with Crippen molar-refractivity contribution in [1.82, 2.24) is 9.55 Å². The van der Waals surface area contributed by atoms with Crippen LogP contribution in [-0.2, 0) is 34.0 Å². The topological polar surface area (TPSA) is 93.1 Å². The number of halogens is 5. The number of nitrogens with one attached hydrogen (secondary N) is 2. The van der Waals surface area contributed by atoms with Gasteiger partial charge in [-0.05, 0) is 11.6 Å². The van der Waals surface area contributed by atoms with Crippen molar-refractivity contribution in [3.8, 4) is 0 Å². The Kier molecular flexibility index (Phi) is 6.68. The Labute approximate surface area is 166 Å². The van der Waals surface area contributed by atoms with E-state index in [4.69, 9.17) is 23.2 Å². The molecule has 0 atom stereocenters. The van der Waals surface area contributed by atoms with E-state index in [1.54, 1.807) is 7.05 Å². The SMILES string of the molecule is Cn1ccnc1NC(=O)C(=O)Cc1cccc(C(F)(F)F)c1NC(=O)C(Cl)Cl. The summed E-state index contributed by atoms with van der Waals surface area (Å²) in [5.74, 6) is -3.13. The van der Waals surface area contributed by atoms with Crippen LogP contribution in [0.1, 0.15) is 11.1 Å². The van der Waals surface area contributed by atoms with E-state index in [-0.39, 0.29) is 11.5 Å². The summed E-state index contributed by atoms with van der Waals surface area (Å²) in [6.45, 7) is 0. The number of imidazole rings is 1. The molecule has 28 heavy (non-hydrogen) atoms. The predicted octanol–water partition coefficient (Wildman–Crippen LogP) is 2.93. The van der Waals surface area contributed by atoms with Crippen molar-refractivity contribution in [2.24, 2.45) is 7.05 Å². The maximum atomic E-state index is 13.3. The first kappa shape index (κ1) is 21.7. The molecule has 150 valence electrons. The molecular formula is C16H13Cl2F3N4O3. The summed E-state index contributed by atoms with van der Waals surface area (Å²) in [5, 5.41) is 4.21. The van der Waals surface area contributed by atoms with E-state index in [0.717, 1.165) is 12.1 Å². The lowest BCUT2D eigenvalue weighted by molar-refractivity contribution is -0.137. The van der Waals surface area contributed by atoms with Crippen LogP contribution in [0.25, 0.3) is 0 Å². The molecule has 12 heteroatoms. The summed E-state index contributed by atoms with van der Waals surface area (Å²) < 4.78 is 41.3. The van der Waals surface area contributed by atoms with Gasteiger partial charge in [0.2, 0.25) is 11.7 Å². The van der Waals surface area contributed by atoms with E-state index < -0.39 is 46.3 Å². The molecule has 2 N–H and O–H groups in total. The minimum atomic E-state index is -4.83. The number of alkyl halides is 5. The largest absolute Gasteiger partial charge is 0.418 e. The van der Waals surface area contributed by atoms with Crippen molar-refractivity contribution in [2.45, 2.75) is 17.4 Å². The van der Waals surface area contributed by atoms with Gasteiger partial charge in [-0.3, -0.25) is 19.7 Å². The number of benzene rings is 1. The molecule has 2 aromatic rings. The standard InChI is InChI=1S/C16H13Cl2F3N4O3/c1-25-6-5-22-15(25)24-13(27)10(26)7-8-3-2-4-9(16(19,20)21)11(8)23-14(28)12(17)18/h2-6,12H,7H2,1H3,(H,23,28)(H,22,24,27). The molecule has 0 aliphatic carbocycles. The van der Waals surface area contributed by atoms with Crippen LogP contribution in [-0.4, -0.2) is 32.0 Å². The number of ketones is 1. The Morgan fingerprint density at radius 3 is 2.43 bits per heavy atom. The maximum Gasteiger partial charge on any atom is 0.418 e. The van der Waals surface area contributed by atoms with Crippen molar-refractivity contribution < 1.29 is 27.6 Å². The van der Waals surface area contributed by atoms with Gasteiger partial charge in [-0.1, -0.05) is 35.3 Å². The molecule has 1 heterocycles. The van der Waals surface area contributed by atoms with Crippen LogP contribution >= 0.6 is 23.2 Å². The Balaban J connectivity index is 2.30. The number of rotatable bonds is 6. The summed E-state index contributed by atoms with van der Waals surface area (Å²) in [6, 6.07) is 2.94. The number of hydrogen-bond acceptors (Lipinski definition) is 4. The second-order valence-electron chi connectivity index (χ2n) is 5.54. The van der Waals surface area contributed by atoms with Crippen LogP contribution < -0.4 is 10.6 Å². The lowest BCUT2D eigenvalue weighted by Gasteiger charge is -2.17. The molecule has 2 amide bonds. The predicted molar refractivity (Wildman–Crippen MR) is 96.1 cm³/mol. The molecule has 0 aliphatic rings. The summed E-state index contributed by atoms with van der Waals surface area (Å²) in [6.07, 6.45) is -2.62. The number of carbonyl (C=O) groups excluding carboxylic acids is 3. The summed E-state index contributed by atoms with van der Waals surface area (Å²) in [4.78, 5) is 38.1. The third-order valence-electron chi connectivity index (χ3n) is 3.55. The average molecular weight is 437 g/mol. The molecule has 0 saturated heterocycles. The third kappa shape index (κ3) is 5.23. The maximum absolute atomic E-state index is 13.3. The average Bonchev–Trinajstić information content (AvgIpc) is 2.99. The Morgan fingerprint density at radius 1 is 1.21 bits per heavy atom. The Morgan fingerprint density at radius 2 is 1.89 bits per heavy atom. The fraction of sp³-hybridized carbons (Fsp3) is 0.250. The number of aryl methyl sites for hydroxylation is 1. The van der Waals surface area contributed by atoms with E-state index in [2.05, 4.69) is 10.3 Å². The lowest BCUT2D eigenvalue weighted by atomic mass is 10.0. The van der Waals surface area contributed by atoms with E-state index in [1.165, 1.54) is 23.0 Å². The highest BCUT2D eigenvalue weighted by atomic mass is 35.5. The molecular weight excluding hydrogens is 424 g/mol. The first-order valence-electron chi connectivity index (χ1n) is 7.60. The molecule has 7 nitrogen and oxygen atoms in total. The fourth-order valence-corrected chi connectivity index (χ4v) is 2.33. The molecule has 0 saturated carbocycles. The quantitative estimate of drug-likeness (QED) is 0.537. The second-order valence-corrected chi connectivity index (χ2v) is 6.64. The minimum Gasteiger partial charge on any atom is -0.323 e. The zero-order valence-electron chi connectivity index (χ0n) is 14.2. The van der Waals surface area contributed by atoms with Gasteiger partial charge in [-0.15, -0.1) is 0 Å². The number of carbonyl (C=O) groups is 3. The van der Waals surface area contributed by atoms with Crippen molar-refractivity contribution >= 4 is 52.4 Å². The van der Waals surface area contributed by atoms with Gasteiger partial charge in [0, 0.05) is 25.9 Å². The van der Waals surface area contributed by atoms with E-state index >= 15 is 0 Å². The normalized spacial score (nSPS) is 11.4. The molecule has 0 fully saturated rings. The highest BCUT2D eigenvalue weighted by Crippen LogP contribution is 2.37. The molecule has 0 aliphatic heterocycles. The van der Waals surface area contributed by atoms with Crippen molar-refractivity contribution in [3.63, 3.8) is 0 Å². The third-order valence-corrected chi connectivity index (χ3v) is 3.95. The molecule has 1 aromatic heterocycles. The van der Waals surface area contributed by atoms with Gasteiger partial charge >= 0.3 is 6.18 Å². The molecule has 0 spiro atoms. The second kappa shape index (κ2) is 8.61. The lowest BCUT2D eigenvalue weighted by Crippen LogP contribution is -2.27. The van der Waals surface area contributed by atoms with Crippen LogP contribution in [0.5, 0.6) is 0 Å². The van der Waals surface area contributed by atoms with Gasteiger partial charge in [-0.2, -0.15) is 13.2 Å². The number of Topliss-reactive ketones (excluding diaryl/α,β-unsaturated/α-hetero) is 1. The van der Waals surface area contributed by atoms with E-state index in [1.807, 2.05) is 5.32 Å². The van der Waals surface area contributed by atoms with Gasteiger partial charge in [-0.25, -0.2) is 4.98 Å².